The van der Waals surface area contributed by atoms with E-state index in [2.05, 4.69) is 4.98 Å². The van der Waals surface area contributed by atoms with E-state index in [0.717, 1.165) is 10.9 Å². The largest absolute Gasteiger partial charge is 0.388 e. The van der Waals surface area contributed by atoms with Gasteiger partial charge in [0.2, 0.25) is 0 Å². The van der Waals surface area contributed by atoms with Crippen molar-refractivity contribution in [1.29, 1.82) is 0 Å². The number of aliphatic hydroxyl groups is 1. The molecule has 9 heteroatoms. The van der Waals surface area contributed by atoms with Crippen molar-refractivity contribution in [1.82, 2.24) is 9.55 Å². The van der Waals surface area contributed by atoms with Crippen LogP contribution in [0, 0.1) is 12.7 Å². The molecule has 2 aromatic heterocycles. The van der Waals surface area contributed by atoms with Gasteiger partial charge in [-0.3, -0.25) is 4.18 Å². The van der Waals surface area contributed by atoms with Crippen molar-refractivity contribution < 1.29 is 22.1 Å². The monoisotopic (exact) mass is 474 g/mol. The average molecular weight is 475 g/mol. The molecule has 0 unspecified atom stereocenters. The van der Waals surface area contributed by atoms with Crippen LogP contribution in [-0.4, -0.2) is 35.8 Å². The summed E-state index contributed by atoms with van der Waals surface area (Å²) < 4.78 is 46.0. The maximum absolute atomic E-state index is 14.0. The van der Waals surface area contributed by atoms with Gasteiger partial charge in [-0.05, 0) is 48.9 Å². The van der Waals surface area contributed by atoms with Crippen LogP contribution in [0.5, 0.6) is 0 Å². The highest BCUT2D eigenvalue weighted by Gasteiger charge is 2.28. The van der Waals surface area contributed by atoms with Crippen molar-refractivity contribution in [2.24, 2.45) is 0 Å². The van der Waals surface area contributed by atoms with Gasteiger partial charge in [-0.1, -0.05) is 41.4 Å². The summed E-state index contributed by atoms with van der Waals surface area (Å²) in [6, 6.07) is 14.6. The van der Waals surface area contributed by atoms with Crippen LogP contribution in [0.25, 0.3) is 10.9 Å². The first-order valence-corrected chi connectivity index (χ1v) is 11.6. The fourth-order valence-corrected chi connectivity index (χ4v) is 4.77. The molecule has 0 spiro atoms. The maximum atomic E-state index is 14.0. The standard InChI is InChI=1S/C23H20ClFN2O4S/c1-15-5-7-19(8-6-15)32(29,30)31-14-20(28)21(17-3-2-4-18(25)13-17)27-12-10-16-9-11-26-23(24)22(16)27/h2-13,20-21,28H,14H2,1H3/t20-,21+/m1/s1. The number of aromatic nitrogens is 2. The third-order valence-corrected chi connectivity index (χ3v) is 6.71. The molecule has 0 amide bonds. The zero-order valence-corrected chi connectivity index (χ0v) is 18.6. The number of fused-ring (bicyclic) bond motifs is 1. The lowest BCUT2D eigenvalue weighted by Crippen LogP contribution is -2.30. The van der Waals surface area contributed by atoms with Crippen molar-refractivity contribution in [2.75, 3.05) is 6.61 Å². The molecule has 32 heavy (non-hydrogen) atoms. The van der Waals surface area contributed by atoms with E-state index >= 15 is 0 Å². The summed E-state index contributed by atoms with van der Waals surface area (Å²) in [5, 5.41) is 12.0. The van der Waals surface area contributed by atoms with Gasteiger partial charge >= 0.3 is 0 Å². The lowest BCUT2D eigenvalue weighted by atomic mass is 10.0. The Hall–Kier alpha value is -2.78. The Morgan fingerprint density at radius 2 is 1.91 bits per heavy atom. The highest BCUT2D eigenvalue weighted by Crippen LogP contribution is 2.31. The summed E-state index contributed by atoms with van der Waals surface area (Å²) in [5.74, 6) is -0.492. The predicted molar refractivity (Wildman–Crippen MR) is 120 cm³/mol. The van der Waals surface area contributed by atoms with E-state index in [4.69, 9.17) is 15.8 Å². The second-order valence-electron chi connectivity index (χ2n) is 7.38. The lowest BCUT2D eigenvalue weighted by Gasteiger charge is -2.26. The lowest BCUT2D eigenvalue weighted by molar-refractivity contribution is 0.0784. The van der Waals surface area contributed by atoms with Crippen LogP contribution in [0.4, 0.5) is 4.39 Å². The number of hydrogen-bond acceptors (Lipinski definition) is 5. The Morgan fingerprint density at radius 3 is 2.62 bits per heavy atom. The molecule has 4 rings (SSSR count). The number of aliphatic hydroxyl groups excluding tert-OH is 1. The quantitative estimate of drug-likeness (QED) is 0.315. The molecule has 0 aliphatic carbocycles. The summed E-state index contributed by atoms with van der Waals surface area (Å²) in [4.78, 5) is 4.07. The molecule has 1 N–H and O–H groups in total. The normalized spacial score (nSPS) is 13.9. The third-order valence-electron chi connectivity index (χ3n) is 5.14. The number of benzene rings is 2. The fraction of sp³-hybridized carbons (Fsp3) is 0.174. The predicted octanol–water partition coefficient (Wildman–Crippen LogP) is 4.49. The highest BCUT2D eigenvalue weighted by atomic mass is 35.5. The number of pyridine rings is 1. The second kappa shape index (κ2) is 8.99. The van der Waals surface area contributed by atoms with E-state index in [1.165, 1.54) is 30.3 Å². The van der Waals surface area contributed by atoms with Gasteiger partial charge < -0.3 is 9.67 Å². The summed E-state index contributed by atoms with van der Waals surface area (Å²) in [6.45, 7) is 1.29. The van der Waals surface area contributed by atoms with Crippen molar-refractivity contribution >= 4 is 32.6 Å². The molecular formula is C23H20ClFN2O4S. The topological polar surface area (TPSA) is 81.4 Å². The first-order chi connectivity index (χ1) is 15.3. The molecule has 6 nitrogen and oxygen atoms in total. The van der Waals surface area contributed by atoms with E-state index in [1.807, 2.05) is 6.92 Å². The molecule has 2 aromatic carbocycles. The number of rotatable bonds is 7. The Morgan fingerprint density at radius 1 is 1.16 bits per heavy atom. The molecule has 0 aliphatic rings. The van der Waals surface area contributed by atoms with E-state index in [1.54, 1.807) is 47.3 Å². The van der Waals surface area contributed by atoms with Crippen LogP contribution >= 0.6 is 11.6 Å². The van der Waals surface area contributed by atoms with E-state index in [-0.39, 0.29) is 10.0 Å². The molecule has 0 saturated carbocycles. The summed E-state index contributed by atoms with van der Waals surface area (Å²) in [5.41, 5.74) is 1.86. The van der Waals surface area contributed by atoms with Crippen LogP contribution in [-0.2, 0) is 14.3 Å². The third kappa shape index (κ3) is 4.54. The van der Waals surface area contributed by atoms with Crippen molar-refractivity contribution in [3.63, 3.8) is 0 Å². The van der Waals surface area contributed by atoms with Gasteiger partial charge in [0.1, 0.15) is 11.9 Å². The smallest absolute Gasteiger partial charge is 0.297 e. The van der Waals surface area contributed by atoms with Gasteiger partial charge in [-0.25, -0.2) is 9.37 Å². The van der Waals surface area contributed by atoms with E-state index in [0.29, 0.717) is 11.1 Å². The summed E-state index contributed by atoms with van der Waals surface area (Å²) in [6.07, 6.45) is 1.90. The first kappa shape index (κ1) is 22.4. The molecule has 0 aliphatic heterocycles. The Labute approximate surface area is 190 Å². The second-order valence-corrected chi connectivity index (χ2v) is 9.35. The van der Waals surface area contributed by atoms with E-state index in [9.17, 15) is 17.9 Å². The maximum Gasteiger partial charge on any atom is 0.297 e. The van der Waals surface area contributed by atoms with Crippen molar-refractivity contribution in [3.8, 4) is 0 Å². The van der Waals surface area contributed by atoms with Crippen LogP contribution in [0.2, 0.25) is 5.15 Å². The van der Waals surface area contributed by atoms with Gasteiger partial charge in [-0.2, -0.15) is 8.42 Å². The molecule has 2 heterocycles. The molecule has 0 fully saturated rings. The first-order valence-electron chi connectivity index (χ1n) is 9.77. The van der Waals surface area contributed by atoms with E-state index < -0.39 is 34.7 Å². The Kier molecular flexibility index (Phi) is 6.30. The summed E-state index contributed by atoms with van der Waals surface area (Å²) >= 11 is 6.30. The molecule has 0 radical (unpaired) electrons. The van der Waals surface area contributed by atoms with Gasteiger partial charge in [-0.15, -0.1) is 0 Å². The zero-order valence-electron chi connectivity index (χ0n) is 17.0. The minimum absolute atomic E-state index is 0.0173. The number of halogens is 2. The van der Waals surface area contributed by atoms with Gasteiger partial charge in [0.25, 0.3) is 10.1 Å². The zero-order chi connectivity index (χ0) is 22.9. The summed E-state index contributed by atoms with van der Waals surface area (Å²) in [7, 11) is -4.10. The van der Waals surface area contributed by atoms with Crippen LogP contribution in [0.3, 0.4) is 0 Å². The fourth-order valence-electron chi connectivity index (χ4n) is 3.58. The minimum Gasteiger partial charge on any atom is -0.388 e. The highest BCUT2D eigenvalue weighted by molar-refractivity contribution is 7.86. The molecule has 4 aromatic rings. The number of aryl methyl sites for hydroxylation is 1. The SMILES string of the molecule is Cc1ccc(S(=O)(=O)OC[C@@H](O)[C@H](c2cccc(F)c2)n2ccc3ccnc(Cl)c32)cc1. The van der Waals surface area contributed by atoms with Gasteiger partial charge in [0, 0.05) is 17.8 Å². The van der Waals surface area contributed by atoms with Crippen LogP contribution in [0.15, 0.2) is 78.0 Å². The van der Waals surface area contributed by atoms with Gasteiger partial charge in [0.15, 0.2) is 5.15 Å². The Bertz CT molecular complexity index is 1360. The van der Waals surface area contributed by atoms with Crippen LogP contribution in [0.1, 0.15) is 17.2 Å². The molecule has 2 atom stereocenters. The number of hydrogen-bond donors (Lipinski definition) is 1. The Balaban J connectivity index is 1.69. The van der Waals surface area contributed by atoms with Crippen molar-refractivity contribution in [3.05, 3.63) is 95.2 Å². The molecule has 166 valence electrons. The molecule has 0 bridgehead atoms. The molecule has 0 saturated heterocycles. The van der Waals surface area contributed by atoms with Gasteiger partial charge in [0.05, 0.1) is 23.1 Å². The van der Waals surface area contributed by atoms with Crippen LogP contribution < -0.4 is 0 Å². The minimum atomic E-state index is -4.10. The average Bonchev–Trinajstić information content (AvgIpc) is 3.18. The molecular weight excluding hydrogens is 455 g/mol. The number of nitrogens with zero attached hydrogens (tertiary/aromatic N) is 2. The van der Waals surface area contributed by atoms with Crippen molar-refractivity contribution in [2.45, 2.75) is 24.0 Å².